The average molecular weight is 430 g/mol. The molecule has 4 heterocycles. The zero-order valence-electron chi connectivity index (χ0n) is 17.1. The first-order valence-corrected chi connectivity index (χ1v) is 11.4. The molecule has 8 nitrogen and oxygen atoms in total. The fourth-order valence-electron chi connectivity index (χ4n) is 4.23. The molecule has 2 aliphatic heterocycles. The van der Waals surface area contributed by atoms with E-state index in [1.807, 2.05) is 29.5 Å². The van der Waals surface area contributed by atoms with Gasteiger partial charge in [-0.1, -0.05) is 6.07 Å². The zero-order chi connectivity index (χ0) is 21.1. The van der Waals surface area contributed by atoms with Gasteiger partial charge in [0.1, 0.15) is 6.04 Å². The first-order chi connectivity index (χ1) is 14.6. The van der Waals surface area contributed by atoms with E-state index >= 15 is 0 Å². The van der Waals surface area contributed by atoms with Crippen LogP contribution in [-0.4, -0.2) is 63.0 Å². The van der Waals surface area contributed by atoms with E-state index in [0.29, 0.717) is 49.5 Å². The van der Waals surface area contributed by atoms with Crippen molar-refractivity contribution in [3.63, 3.8) is 0 Å². The summed E-state index contributed by atoms with van der Waals surface area (Å²) < 4.78 is 1.77. The van der Waals surface area contributed by atoms with Gasteiger partial charge in [0.2, 0.25) is 11.8 Å². The van der Waals surface area contributed by atoms with E-state index in [9.17, 15) is 14.4 Å². The Kier molecular flexibility index (Phi) is 6.17. The molecule has 4 rings (SSSR count). The fraction of sp³-hybridized carbons (Fsp3) is 0.524. The number of piperidine rings is 1. The van der Waals surface area contributed by atoms with Gasteiger partial charge in [0.15, 0.2) is 0 Å². The molecule has 2 aromatic heterocycles. The smallest absolute Gasteiger partial charge is 0.264 e. The Morgan fingerprint density at radius 1 is 1.20 bits per heavy atom. The normalized spacial score (nSPS) is 19.8. The Balaban J connectivity index is 1.31. The second-order valence-electron chi connectivity index (χ2n) is 7.81. The molecule has 9 heteroatoms. The zero-order valence-corrected chi connectivity index (χ0v) is 17.9. The number of likely N-dealkylation sites (tertiary alicyclic amines) is 2. The van der Waals surface area contributed by atoms with Crippen LogP contribution < -0.4 is 5.32 Å². The lowest BCUT2D eigenvalue weighted by atomic mass is 9.95. The highest BCUT2D eigenvalue weighted by Gasteiger charge is 2.38. The third kappa shape index (κ3) is 4.26. The second kappa shape index (κ2) is 8.99. The molecule has 3 amide bonds. The third-order valence-corrected chi connectivity index (χ3v) is 6.79. The van der Waals surface area contributed by atoms with Crippen LogP contribution in [0, 0.1) is 5.92 Å². The molecule has 0 spiro atoms. The summed E-state index contributed by atoms with van der Waals surface area (Å²) in [6.07, 6.45) is 6.28. The molecular weight excluding hydrogens is 402 g/mol. The van der Waals surface area contributed by atoms with Gasteiger partial charge in [-0.05, 0) is 44.1 Å². The first-order valence-electron chi connectivity index (χ1n) is 10.5. The van der Waals surface area contributed by atoms with Crippen molar-refractivity contribution in [3.8, 4) is 0 Å². The van der Waals surface area contributed by atoms with Gasteiger partial charge in [-0.2, -0.15) is 5.10 Å². The van der Waals surface area contributed by atoms with Gasteiger partial charge in [-0.25, -0.2) is 0 Å². The van der Waals surface area contributed by atoms with E-state index < -0.39 is 0 Å². The molecule has 160 valence electrons. The van der Waals surface area contributed by atoms with Crippen molar-refractivity contribution in [1.82, 2.24) is 19.6 Å². The number of carbonyl (C=O) groups is 3. The number of amides is 3. The molecule has 0 radical (unpaired) electrons. The number of nitrogens with one attached hydrogen (secondary N) is 1. The summed E-state index contributed by atoms with van der Waals surface area (Å²) in [4.78, 5) is 42.7. The number of aromatic nitrogens is 2. The van der Waals surface area contributed by atoms with Crippen LogP contribution in [-0.2, 0) is 16.1 Å². The number of carbonyl (C=O) groups excluding carboxylic acids is 3. The molecule has 0 bridgehead atoms. The molecule has 2 aromatic rings. The molecule has 30 heavy (non-hydrogen) atoms. The Labute approximate surface area is 179 Å². The minimum Gasteiger partial charge on any atom is -0.341 e. The number of anilines is 1. The second-order valence-corrected chi connectivity index (χ2v) is 8.76. The summed E-state index contributed by atoms with van der Waals surface area (Å²) in [6.45, 7) is 4.46. The van der Waals surface area contributed by atoms with Crippen molar-refractivity contribution < 1.29 is 14.4 Å². The van der Waals surface area contributed by atoms with Gasteiger partial charge < -0.3 is 15.1 Å². The van der Waals surface area contributed by atoms with Crippen molar-refractivity contribution in [1.29, 1.82) is 0 Å². The SMILES string of the molecule is CCn1cc(NC(=O)C2CCN(C(=O)[C@@H]3CCCN3C(=O)c3cccs3)CC2)cn1. The highest BCUT2D eigenvalue weighted by Crippen LogP contribution is 2.26. The minimum atomic E-state index is -0.384. The average Bonchev–Trinajstić information content (AvgIpc) is 3.54. The summed E-state index contributed by atoms with van der Waals surface area (Å²) in [5, 5.41) is 8.97. The Morgan fingerprint density at radius 3 is 2.67 bits per heavy atom. The molecule has 0 aliphatic carbocycles. The van der Waals surface area contributed by atoms with Crippen molar-refractivity contribution >= 4 is 34.7 Å². The number of rotatable bonds is 5. The van der Waals surface area contributed by atoms with Crippen molar-refractivity contribution in [2.75, 3.05) is 25.0 Å². The monoisotopic (exact) mass is 429 g/mol. The lowest BCUT2D eigenvalue weighted by Gasteiger charge is -2.35. The summed E-state index contributed by atoms with van der Waals surface area (Å²) in [6, 6.07) is 3.28. The van der Waals surface area contributed by atoms with Crippen LogP contribution in [0.2, 0.25) is 0 Å². The standard InChI is InChI=1S/C21H27N5O3S/c1-2-25-14-16(13-22-25)23-19(27)15-7-10-24(11-8-15)20(28)17-5-3-9-26(17)21(29)18-6-4-12-30-18/h4,6,12-15,17H,2-3,5,7-11H2,1H3,(H,23,27)/t17-/m0/s1. The summed E-state index contributed by atoms with van der Waals surface area (Å²) in [5.74, 6) is -0.178. The van der Waals surface area contributed by atoms with E-state index in [1.54, 1.807) is 21.8 Å². The number of hydrogen-bond donors (Lipinski definition) is 1. The van der Waals surface area contributed by atoms with Crippen LogP contribution in [0.4, 0.5) is 5.69 Å². The van der Waals surface area contributed by atoms with Crippen LogP contribution in [0.15, 0.2) is 29.9 Å². The van der Waals surface area contributed by atoms with Gasteiger partial charge in [0.05, 0.1) is 16.8 Å². The van der Waals surface area contributed by atoms with Crippen LogP contribution in [0.3, 0.4) is 0 Å². The summed E-state index contributed by atoms with van der Waals surface area (Å²) in [5.41, 5.74) is 0.703. The van der Waals surface area contributed by atoms with Gasteiger partial charge in [0.25, 0.3) is 5.91 Å². The predicted octanol–water partition coefficient (Wildman–Crippen LogP) is 2.45. The van der Waals surface area contributed by atoms with Crippen molar-refractivity contribution in [3.05, 3.63) is 34.8 Å². The Morgan fingerprint density at radius 2 is 2.00 bits per heavy atom. The lowest BCUT2D eigenvalue weighted by Crippen LogP contribution is -2.50. The number of aryl methyl sites for hydroxylation is 1. The third-order valence-electron chi connectivity index (χ3n) is 5.93. The van der Waals surface area contributed by atoms with E-state index in [2.05, 4.69) is 10.4 Å². The van der Waals surface area contributed by atoms with E-state index in [0.717, 1.165) is 13.0 Å². The van der Waals surface area contributed by atoms with Crippen molar-refractivity contribution in [2.24, 2.45) is 5.92 Å². The van der Waals surface area contributed by atoms with E-state index in [1.165, 1.54) is 11.3 Å². The first kappa shape index (κ1) is 20.6. The fourth-order valence-corrected chi connectivity index (χ4v) is 4.91. The van der Waals surface area contributed by atoms with Crippen LogP contribution in [0.5, 0.6) is 0 Å². The molecule has 1 N–H and O–H groups in total. The quantitative estimate of drug-likeness (QED) is 0.791. The largest absolute Gasteiger partial charge is 0.341 e. The molecule has 1 atom stereocenters. The van der Waals surface area contributed by atoms with Crippen molar-refractivity contribution in [2.45, 2.75) is 45.2 Å². The minimum absolute atomic E-state index is 0.0143. The topological polar surface area (TPSA) is 87.5 Å². The number of hydrogen-bond acceptors (Lipinski definition) is 5. The van der Waals surface area contributed by atoms with E-state index in [-0.39, 0.29) is 29.7 Å². The highest BCUT2D eigenvalue weighted by atomic mass is 32.1. The molecule has 2 fully saturated rings. The van der Waals surface area contributed by atoms with Gasteiger partial charge in [-0.15, -0.1) is 11.3 Å². The number of thiophene rings is 1. The maximum Gasteiger partial charge on any atom is 0.264 e. The maximum absolute atomic E-state index is 13.1. The van der Waals surface area contributed by atoms with Crippen LogP contribution >= 0.6 is 11.3 Å². The van der Waals surface area contributed by atoms with Gasteiger partial charge in [-0.3, -0.25) is 19.1 Å². The Bertz CT molecular complexity index is 902. The molecule has 2 saturated heterocycles. The molecule has 0 aromatic carbocycles. The molecular formula is C21H27N5O3S. The maximum atomic E-state index is 13.1. The molecule has 0 saturated carbocycles. The van der Waals surface area contributed by atoms with E-state index in [4.69, 9.17) is 0 Å². The Hall–Kier alpha value is -2.68. The highest BCUT2D eigenvalue weighted by molar-refractivity contribution is 7.12. The van der Waals surface area contributed by atoms with Gasteiger partial charge >= 0.3 is 0 Å². The predicted molar refractivity (Wildman–Crippen MR) is 114 cm³/mol. The number of nitrogens with zero attached hydrogens (tertiary/aromatic N) is 4. The lowest BCUT2D eigenvalue weighted by molar-refractivity contribution is -0.138. The van der Waals surface area contributed by atoms with Gasteiger partial charge in [0, 0.05) is 38.3 Å². The molecule has 0 unspecified atom stereocenters. The van der Waals surface area contributed by atoms with Crippen LogP contribution in [0.25, 0.3) is 0 Å². The molecule has 2 aliphatic rings. The van der Waals surface area contributed by atoms with Crippen LogP contribution in [0.1, 0.15) is 42.3 Å². The summed E-state index contributed by atoms with van der Waals surface area (Å²) in [7, 11) is 0. The summed E-state index contributed by atoms with van der Waals surface area (Å²) >= 11 is 1.41.